The second-order valence-corrected chi connectivity index (χ2v) is 6.75. The van der Waals surface area contributed by atoms with Crippen LogP contribution in [0.4, 0.5) is 0 Å². The fourth-order valence-corrected chi connectivity index (χ4v) is 3.09. The summed E-state index contributed by atoms with van der Waals surface area (Å²) in [5, 5.41) is 25.0. The van der Waals surface area contributed by atoms with Crippen molar-refractivity contribution in [1.29, 1.82) is 0 Å². The maximum Gasteiger partial charge on any atom is 0.274 e. The van der Waals surface area contributed by atoms with Crippen LogP contribution in [-0.4, -0.2) is 37.9 Å². The van der Waals surface area contributed by atoms with Crippen molar-refractivity contribution in [1.82, 2.24) is 20.3 Å². The highest BCUT2D eigenvalue weighted by Gasteiger charge is 2.21. The zero-order chi connectivity index (χ0) is 19.0. The summed E-state index contributed by atoms with van der Waals surface area (Å²) in [6.45, 7) is 2.15. The average molecular weight is 386 g/mol. The summed E-state index contributed by atoms with van der Waals surface area (Å²) in [5.74, 6) is -0.719. The third-order valence-electron chi connectivity index (χ3n) is 3.82. The molecule has 9 nitrogen and oxygen atoms in total. The molecule has 0 fully saturated rings. The van der Waals surface area contributed by atoms with E-state index in [4.69, 9.17) is 9.47 Å². The van der Waals surface area contributed by atoms with Gasteiger partial charge in [-0.05, 0) is 24.6 Å². The van der Waals surface area contributed by atoms with Crippen LogP contribution in [-0.2, 0) is 6.54 Å². The van der Waals surface area contributed by atoms with Gasteiger partial charge in [0.1, 0.15) is 5.69 Å². The van der Waals surface area contributed by atoms with E-state index in [1.165, 1.54) is 11.3 Å². The molecule has 27 heavy (non-hydrogen) atoms. The number of benzene rings is 1. The molecule has 0 radical (unpaired) electrons. The quantitative estimate of drug-likeness (QED) is 0.621. The Hall–Kier alpha value is -3.40. The number of aromatic nitrogens is 3. The topological polar surface area (TPSA) is 127 Å². The highest BCUT2D eigenvalue weighted by Crippen LogP contribution is 2.33. The van der Waals surface area contributed by atoms with Crippen molar-refractivity contribution in [2.24, 2.45) is 0 Å². The summed E-state index contributed by atoms with van der Waals surface area (Å²) in [5.41, 5.74) is 0.863. The summed E-state index contributed by atoms with van der Waals surface area (Å²) in [6, 6.07) is 5.29. The zero-order valence-corrected chi connectivity index (χ0v) is 14.9. The Balaban J connectivity index is 1.55. The van der Waals surface area contributed by atoms with Crippen LogP contribution >= 0.6 is 11.3 Å². The number of ether oxygens (including phenoxy) is 2. The highest BCUT2D eigenvalue weighted by molar-refractivity contribution is 7.09. The summed E-state index contributed by atoms with van der Waals surface area (Å²) in [6.07, 6.45) is 0. The lowest BCUT2D eigenvalue weighted by molar-refractivity contribution is 0.0941. The van der Waals surface area contributed by atoms with Crippen molar-refractivity contribution >= 4 is 17.2 Å². The molecule has 1 amide bonds. The SMILES string of the molecule is Cc1nc(-c2nc(O)c(O)c(C(=O)NCc3ccc4c(c3)OCO4)n2)cs1. The fraction of sp³-hybridized carbons (Fsp3) is 0.176. The number of carbonyl (C=O) groups is 1. The number of rotatable bonds is 4. The third kappa shape index (κ3) is 3.34. The Bertz CT molecular complexity index is 1040. The van der Waals surface area contributed by atoms with Crippen molar-refractivity contribution in [2.75, 3.05) is 6.79 Å². The molecule has 0 saturated carbocycles. The van der Waals surface area contributed by atoms with E-state index >= 15 is 0 Å². The van der Waals surface area contributed by atoms with Gasteiger partial charge in [-0.2, -0.15) is 4.98 Å². The monoisotopic (exact) mass is 386 g/mol. The average Bonchev–Trinajstić information content (AvgIpc) is 3.30. The number of thiazole rings is 1. The van der Waals surface area contributed by atoms with Crippen molar-refractivity contribution in [3.63, 3.8) is 0 Å². The van der Waals surface area contributed by atoms with E-state index in [9.17, 15) is 15.0 Å². The molecule has 0 aliphatic carbocycles. The largest absolute Gasteiger partial charge is 0.501 e. The lowest BCUT2D eigenvalue weighted by atomic mass is 10.2. The first kappa shape index (κ1) is 17.0. The molecule has 0 atom stereocenters. The lowest BCUT2D eigenvalue weighted by Crippen LogP contribution is -2.24. The molecule has 2 aromatic heterocycles. The number of hydrogen-bond acceptors (Lipinski definition) is 9. The maximum absolute atomic E-state index is 12.5. The minimum Gasteiger partial charge on any atom is -0.501 e. The van der Waals surface area contributed by atoms with Crippen LogP contribution in [0.3, 0.4) is 0 Å². The second kappa shape index (κ2) is 6.72. The number of fused-ring (bicyclic) bond motifs is 1. The van der Waals surface area contributed by atoms with Crippen LogP contribution < -0.4 is 14.8 Å². The number of aromatic hydroxyl groups is 2. The number of nitrogens with zero attached hydrogens (tertiary/aromatic N) is 3. The van der Waals surface area contributed by atoms with Gasteiger partial charge in [-0.3, -0.25) is 4.79 Å². The molecule has 0 bridgehead atoms. The normalized spacial score (nSPS) is 12.2. The Labute approximate surface area is 157 Å². The molecule has 3 heterocycles. The summed E-state index contributed by atoms with van der Waals surface area (Å²) in [4.78, 5) is 24.5. The zero-order valence-electron chi connectivity index (χ0n) is 14.1. The van der Waals surface area contributed by atoms with Crippen LogP contribution in [0.2, 0.25) is 0 Å². The molecule has 4 rings (SSSR count). The maximum atomic E-state index is 12.5. The van der Waals surface area contributed by atoms with E-state index in [1.54, 1.807) is 23.6 Å². The minimum atomic E-state index is -0.686. The first-order chi connectivity index (χ1) is 13.0. The van der Waals surface area contributed by atoms with Gasteiger partial charge in [-0.25, -0.2) is 9.97 Å². The number of amides is 1. The third-order valence-corrected chi connectivity index (χ3v) is 4.59. The molecule has 3 aromatic rings. The Morgan fingerprint density at radius 3 is 2.81 bits per heavy atom. The van der Waals surface area contributed by atoms with E-state index in [0.717, 1.165) is 10.6 Å². The van der Waals surface area contributed by atoms with Gasteiger partial charge in [0.05, 0.1) is 5.01 Å². The molecule has 1 aliphatic heterocycles. The Kier molecular flexibility index (Phi) is 4.24. The van der Waals surface area contributed by atoms with Crippen molar-refractivity contribution in [3.05, 3.63) is 39.8 Å². The molecule has 10 heteroatoms. The van der Waals surface area contributed by atoms with Crippen LogP contribution in [0.25, 0.3) is 11.5 Å². The molecule has 0 spiro atoms. The minimum absolute atomic E-state index is 0.0582. The van der Waals surface area contributed by atoms with Gasteiger partial charge < -0.3 is 25.0 Å². The number of aryl methyl sites for hydroxylation is 1. The molecule has 1 aromatic carbocycles. The van der Waals surface area contributed by atoms with Gasteiger partial charge in [-0.15, -0.1) is 11.3 Å². The van der Waals surface area contributed by atoms with E-state index in [1.807, 2.05) is 6.92 Å². The highest BCUT2D eigenvalue weighted by atomic mass is 32.1. The van der Waals surface area contributed by atoms with E-state index in [2.05, 4.69) is 20.3 Å². The number of hydrogen-bond donors (Lipinski definition) is 3. The van der Waals surface area contributed by atoms with Gasteiger partial charge in [-0.1, -0.05) is 6.07 Å². The van der Waals surface area contributed by atoms with Crippen LogP contribution in [0, 0.1) is 6.92 Å². The van der Waals surface area contributed by atoms with Crippen molar-refractivity contribution in [2.45, 2.75) is 13.5 Å². The van der Waals surface area contributed by atoms with E-state index < -0.39 is 17.5 Å². The fourth-order valence-electron chi connectivity index (χ4n) is 2.50. The van der Waals surface area contributed by atoms with E-state index in [0.29, 0.717) is 17.2 Å². The van der Waals surface area contributed by atoms with Gasteiger partial charge >= 0.3 is 0 Å². The first-order valence-electron chi connectivity index (χ1n) is 7.90. The molecule has 0 unspecified atom stereocenters. The van der Waals surface area contributed by atoms with E-state index in [-0.39, 0.29) is 24.9 Å². The summed E-state index contributed by atoms with van der Waals surface area (Å²) in [7, 11) is 0. The molecular formula is C17H14N4O5S. The van der Waals surface area contributed by atoms with Crippen molar-refractivity contribution < 1.29 is 24.5 Å². The standard InChI is InChI=1S/C17H14N4O5S/c1-8-19-10(6-27-8)15-20-13(14(22)17(24)21-15)16(23)18-5-9-2-3-11-12(4-9)26-7-25-11/h2-4,6,22H,5,7H2,1H3,(H,18,23)(H,20,21,24). The van der Waals surface area contributed by atoms with Gasteiger partial charge in [0.15, 0.2) is 23.0 Å². The Morgan fingerprint density at radius 2 is 2.04 bits per heavy atom. The molecule has 1 aliphatic rings. The number of carbonyl (C=O) groups excluding carboxylic acids is 1. The molecule has 3 N–H and O–H groups in total. The molecule has 0 saturated heterocycles. The predicted molar refractivity (Wildman–Crippen MR) is 94.9 cm³/mol. The Morgan fingerprint density at radius 1 is 1.22 bits per heavy atom. The van der Waals surface area contributed by atoms with Gasteiger partial charge in [0.25, 0.3) is 11.8 Å². The smallest absolute Gasteiger partial charge is 0.274 e. The molecule has 138 valence electrons. The second-order valence-electron chi connectivity index (χ2n) is 5.69. The van der Waals surface area contributed by atoms with Crippen LogP contribution in [0.15, 0.2) is 23.6 Å². The number of nitrogens with one attached hydrogen (secondary N) is 1. The molecular weight excluding hydrogens is 372 g/mol. The van der Waals surface area contributed by atoms with Gasteiger partial charge in [0, 0.05) is 11.9 Å². The van der Waals surface area contributed by atoms with Crippen LogP contribution in [0.5, 0.6) is 23.1 Å². The predicted octanol–water partition coefficient (Wildman–Crippen LogP) is 1.98. The van der Waals surface area contributed by atoms with Crippen LogP contribution in [0.1, 0.15) is 21.1 Å². The summed E-state index contributed by atoms with van der Waals surface area (Å²) < 4.78 is 10.5. The van der Waals surface area contributed by atoms with Crippen molar-refractivity contribution in [3.8, 4) is 34.6 Å². The summed E-state index contributed by atoms with van der Waals surface area (Å²) >= 11 is 1.38. The first-order valence-corrected chi connectivity index (χ1v) is 8.78. The lowest BCUT2D eigenvalue weighted by Gasteiger charge is -2.09. The van der Waals surface area contributed by atoms with Gasteiger partial charge in [0.2, 0.25) is 12.5 Å².